The fraction of sp³-hybridized carbons (Fsp3) is 0.500. The van der Waals surface area contributed by atoms with Gasteiger partial charge in [0.1, 0.15) is 5.15 Å². The molecule has 0 saturated carbocycles. The highest BCUT2D eigenvalue weighted by molar-refractivity contribution is 7.89. The van der Waals surface area contributed by atoms with E-state index in [-0.39, 0.29) is 16.7 Å². The van der Waals surface area contributed by atoms with Crippen LogP contribution >= 0.6 is 11.6 Å². The van der Waals surface area contributed by atoms with Crippen LogP contribution in [0.15, 0.2) is 23.2 Å². The number of rotatable bonds is 5. The van der Waals surface area contributed by atoms with Crippen molar-refractivity contribution in [3.63, 3.8) is 0 Å². The Labute approximate surface area is 106 Å². The number of nitrogens with zero attached hydrogens (tertiary/aromatic N) is 1. The molecule has 0 aromatic carbocycles. The third kappa shape index (κ3) is 4.23. The Kier molecular flexibility index (Phi) is 4.48. The average Bonchev–Trinajstić information content (AvgIpc) is 2.15. The van der Waals surface area contributed by atoms with Crippen molar-refractivity contribution in [2.75, 3.05) is 6.61 Å². The predicted molar refractivity (Wildman–Crippen MR) is 65.4 cm³/mol. The first kappa shape index (κ1) is 14.4. The Morgan fingerprint density at radius 3 is 2.71 bits per heavy atom. The molecule has 2 N–H and O–H groups in total. The van der Waals surface area contributed by atoms with Crippen LogP contribution in [-0.2, 0) is 10.0 Å². The van der Waals surface area contributed by atoms with E-state index in [2.05, 4.69) is 9.71 Å². The molecule has 0 spiro atoms. The monoisotopic (exact) mass is 278 g/mol. The maximum Gasteiger partial charge on any atom is 0.241 e. The molecule has 5 nitrogen and oxygen atoms in total. The van der Waals surface area contributed by atoms with Crippen LogP contribution in [0.25, 0.3) is 0 Å². The molecular weight excluding hydrogens is 264 g/mol. The zero-order chi connectivity index (χ0) is 13.1. The Morgan fingerprint density at radius 2 is 2.18 bits per heavy atom. The largest absolute Gasteiger partial charge is 0.396 e. The maximum absolute atomic E-state index is 12.0. The number of aromatic nitrogens is 1. The van der Waals surface area contributed by atoms with Crippen molar-refractivity contribution >= 4 is 21.6 Å². The Bertz CT molecular complexity index is 488. The molecular formula is C10H15ClN2O3S. The molecule has 1 aromatic heterocycles. The van der Waals surface area contributed by atoms with E-state index in [0.717, 1.165) is 0 Å². The summed E-state index contributed by atoms with van der Waals surface area (Å²) in [5, 5.41) is 8.97. The van der Waals surface area contributed by atoms with Crippen molar-refractivity contribution in [3.8, 4) is 0 Å². The number of sulfonamides is 1. The zero-order valence-corrected chi connectivity index (χ0v) is 11.2. The third-order valence-electron chi connectivity index (χ3n) is 2.16. The molecule has 96 valence electrons. The minimum Gasteiger partial charge on any atom is -0.396 e. The van der Waals surface area contributed by atoms with E-state index in [4.69, 9.17) is 16.7 Å². The van der Waals surface area contributed by atoms with Gasteiger partial charge in [0.25, 0.3) is 0 Å². The molecule has 0 amide bonds. The summed E-state index contributed by atoms with van der Waals surface area (Å²) in [7, 11) is -3.65. The minimum atomic E-state index is -3.65. The highest BCUT2D eigenvalue weighted by atomic mass is 35.5. The van der Waals surface area contributed by atoms with Crippen LogP contribution in [0.2, 0.25) is 5.15 Å². The molecule has 0 fully saturated rings. The van der Waals surface area contributed by atoms with Crippen molar-refractivity contribution < 1.29 is 13.5 Å². The second-order valence-corrected chi connectivity index (χ2v) is 6.35. The summed E-state index contributed by atoms with van der Waals surface area (Å²) < 4.78 is 26.5. The van der Waals surface area contributed by atoms with Crippen LogP contribution < -0.4 is 4.72 Å². The van der Waals surface area contributed by atoms with Crippen LogP contribution in [0, 0.1) is 0 Å². The molecule has 0 unspecified atom stereocenters. The van der Waals surface area contributed by atoms with Crippen LogP contribution in [0.5, 0.6) is 0 Å². The standard InChI is InChI=1S/C10H15ClN2O3S/c1-10(2,4-6-14)13-17(15,16)8-3-5-12-9(11)7-8/h3,5,7,13-14H,4,6H2,1-2H3. The summed E-state index contributed by atoms with van der Waals surface area (Å²) >= 11 is 5.64. The van der Waals surface area contributed by atoms with Gasteiger partial charge in [0, 0.05) is 18.3 Å². The molecule has 0 radical (unpaired) electrons. The second-order valence-electron chi connectivity index (χ2n) is 4.28. The van der Waals surface area contributed by atoms with Gasteiger partial charge in [0.2, 0.25) is 10.0 Å². The number of nitrogens with one attached hydrogen (secondary N) is 1. The summed E-state index contributed by atoms with van der Waals surface area (Å²) in [6.07, 6.45) is 1.65. The lowest BCUT2D eigenvalue weighted by Gasteiger charge is -2.24. The molecule has 0 bridgehead atoms. The SMILES string of the molecule is CC(C)(CCO)NS(=O)(=O)c1ccnc(Cl)c1. The van der Waals surface area contributed by atoms with Gasteiger partial charge < -0.3 is 5.11 Å². The molecule has 0 aliphatic carbocycles. The molecule has 0 saturated heterocycles. The third-order valence-corrected chi connectivity index (χ3v) is 4.06. The topological polar surface area (TPSA) is 79.3 Å². The number of aliphatic hydroxyl groups excluding tert-OH is 1. The first-order valence-electron chi connectivity index (χ1n) is 5.03. The van der Waals surface area contributed by atoms with E-state index in [0.29, 0.717) is 6.42 Å². The minimum absolute atomic E-state index is 0.0588. The summed E-state index contributed by atoms with van der Waals surface area (Å²) in [5.74, 6) is 0. The Hall–Kier alpha value is -0.690. The van der Waals surface area contributed by atoms with E-state index in [1.807, 2.05) is 0 Å². The number of pyridine rings is 1. The van der Waals surface area contributed by atoms with Gasteiger partial charge in [-0.3, -0.25) is 0 Å². The summed E-state index contributed by atoms with van der Waals surface area (Å²) in [6.45, 7) is 3.31. The second kappa shape index (κ2) is 5.30. The van der Waals surface area contributed by atoms with Gasteiger partial charge in [-0.05, 0) is 32.4 Å². The lowest BCUT2D eigenvalue weighted by Crippen LogP contribution is -2.43. The Balaban J connectivity index is 2.97. The Morgan fingerprint density at radius 1 is 1.53 bits per heavy atom. The van der Waals surface area contributed by atoms with Gasteiger partial charge in [-0.2, -0.15) is 0 Å². The van der Waals surface area contributed by atoms with Crippen molar-refractivity contribution in [2.45, 2.75) is 30.7 Å². The van der Waals surface area contributed by atoms with Crippen molar-refractivity contribution in [1.29, 1.82) is 0 Å². The molecule has 0 aliphatic rings. The van der Waals surface area contributed by atoms with Crippen molar-refractivity contribution in [1.82, 2.24) is 9.71 Å². The fourth-order valence-corrected chi connectivity index (χ4v) is 3.00. The molecule has 1 heterocycles. The normalized spacial score (nSPS) is 12.7. The van der Waals surface area contributed by atoms with E-state index in [1.165, 1.54) is 18.3 Å². The van der Waals surface area contributed by atoms with Gasteiger partial charge in [0.05, 0.1) is 4.90 Å². The van der Waals surface area contributed by atoms with Crippen molar-refractivity contribution in [3.05, 3.63) is 23.5 Å². The zero-order valence-electron chi connectivity index (χ0n) is 9.64. The van der Waals surface area contributed by atoms with Gasteiger partial charge in [0.15, 0.2) is 0 Å². The highest BCUT2D eigenvalue weighted by Gasteiger charge is 2.25. The number of halogens is 1. The molecule has 0 atom stereocenters. The number of aliphatic hydroxyl groups is 1. The highest BCUT2D eigenvalue weighted by Crippen LogP contribution is 2.17. The van der Waals surface area contributed by atoms with E-state index in [9.17, 15) is 8.42 Å². The fourth-order valence-electron chi connectivity index (χ4n) is 1.31. The maximum atomic E-state index is 12.0. The van der Waals surface area contributed by atoms with Gasteiger partial charge >= 0.3 is 0 Å². The van der Waals surface area contributed by atoms with Gasteiger partial charge in [-0.1, -0.05) is 11.6 Å². The van der Waals surface area contributed by atoms with Crippen molar-refractivity contribution in [2.24, 2.45) is 0 Å². The average molecular weight is 279 g/mol. The smallest absolute Gasteiger partial charge is 0.241 e. The quantitative estimate of drug-likeness (QED) is 0.793. The molecule has 1 rings (SSSR count). The van der Waals surface area contributed by atoms with E-state index < -0.39 is 15.6 Å². The molecule has 0 aliphatic heterocycles. The number of hydrogen-bond acceptors (Lipinski definition) is 4. The summed E-state index contributed by atoms with van der Waals surface area (Å²) in [4.78, 5) is 3.78. The molecule has 1 aromatic rings. The lowest BCUT2D eigenvalue weighted by molar-refractivity contribution is 0.245. The lowest BCUT2D eigenvalue weighted by atomic mass is 10.0. The van der Waals surface area contributed by atoms with Gasteiger partial charge in [-0.15, -0.1) is 0 Å². The van der Waals surface area contributed by atoms with Crippen LogP contribution in [-0.4, -0.2) is 30.7 Å². The number of hydrogen-bond donors (Lipinski definition) is 2. The molecule has 17 heavy (non-hydrogen) atoms. The van der Waals surface area contributed by atoms with Gasteiger partial charge in [-0.25, -0.2) is 18.1 Å². The first-order chi connectivity index (χ1) is 7.77. The van der Waals surface area contributed by atoms with Crippen LogP contribution in [0.3, 0.4) is 0 Å². The first-order valence-corrected chi connectivity index (χ1v) is 6.89. The predicted octanol–water partition coefficient (Wildman–Crippen LogP) is 1.17. The van der Waals surface area contributed by atoms with E-state index in [1.54, 1.807) is 13.8 Å². The van der Waals surface area contributed by atoms with Crippen LogP contribution in [0.1, 0.15) is 20.3 Å². The summed E-state index contributed by atoms with van der Waals surface area (Å²) in [5.41, 5.74) is -0.719. The van der Waals surface area contributed by atoms with E-state index >= 15 is 0 Å². The summed E-state index contributed by atoms with van der Waals surface area (Å²) in [6, 6.07) is 2.64. The molecule has 7 heteroatoms. The van der Waals surface area contributed by atoms with Crippen LogP contribution in [0.4, 0.5) is 0 Å².